The van der Waals surface area contributed by atoms with Crippen molar-refractivity contribution in [2.45, 2.75) is 24.4 Å². The van der Waals surface area contributed by atoms with E-state index in [4.69, 9.17) is 9.84 Å². The standard InChI is InChI=1S/C12H14FNO5/c13-9-5-7(1-2-8(9)10(15)16)14-12(11(17)18)3-4-19-6-12/h1-2,7,14H,3-6H2,(H,15,16)(H,17,18)/t7?,12-/m1/s1. The zero-order chi connectivity index (χ0) is 14.0. The van der Waals surface area contributed by atoms with Crippen LogP contribution in [0.5, 0.6) is 0 Å². The first-order valence-electron chi connectivity index (χ1n) is 5.83. The van der Waals surface area contributed by atoms with Crippen LogP contribution < -0.4 is 5.32 Å². The van der Waals surface area contributed by atoms with Crippen molar-refractivity contribution in [1.29, 1.82) is 0 Å². The third-order valence-electron chi connectivity index (χ3n) is 3.31. The number of rotatable bonds is 4. The Kier molecular flexibility index (Phi) is 3.68. The van der Waals surface area contributed by atoms with Crippen LogP contribution in [0.3, 0.4) is 0 Å². The lowest BCUT2D eigenvalue weighted by molar-refractivity contribution is -0.145. The number of hydrogen-bond acceptors (Lipinski definition) is 4. The molecule has 1 heterocycles. The fourth-order valence-electron chi connectivity index (χ4n) is 2.22. The first-order valence-corrected chi connectivity index (χ1v) is 5.83. The van der Waals surface area contributed by atoms with Crippen molar-refractivity contribution in [3.05, 3.63) is 23.6 Å². The molecule has 0 spiro atoms. The summed E-state index contributed by atoms with van der Waals surface area (Å²) >= 11 is 0. The van der Waals surface area contributed by atoms with Gasteiger partial charge in [-0.05, 0) is 6.08 Å². The molecule has 0 radical (unpaired) electrons. The van der Waals surface area contributed by atoms with Crippen molar-refractivity contribution >= 4 is 11.9 Å². The Balaban J connectivity index is 2.09. The van der Waals surface area contributed by atoms with E-state index in [2.05, 4.69) is 5.32 Å². The van der Waals surface area contributed by atoms with E-state index in [1.807, 2.05) is 0 Å². The average molecular weight is 271 g/mol. The van der Waals surface area contributed by atoms with Crippen LogP contribution in [0, 0.1) is 0 Å². The van der Waals surface area contributed by atoms with Gasteiger partial charge in [-0.15, -0.1) is 0 Å². The van der Waals surface area contributed by atoms with Crippen LogP contribution in [-0.4, -0.2) is 46.9 Å². The van der Waals surface area contributed by atoms with E-state index in [1.165, 1.54) is 6.08 Å². The van der Waals surface area contributed by atoms with Gasteiger partial charge in [0.15, 0.2) is 0 Å². The van der Waals surface area contributed by atoms with E-state index in [-0.39, 0.29) is 18.6 Å². The molecule has 0 aromatic heterocycles. The number of carboxylic acids is 2. The molecule has 1 aliphatic carbocycles. The number of hydrogen-bond donors (Lipinski definition) is 3. The molecule has 2 rings (SSSR count). The summed E-state index contributed by atoms with van der Waals surface area (Å²) in [5.41, 5.74) is -1.61. The van der Waals surface area contributed by atoms with E-state index >= 15 is 0 Å². The minimum atomic E-state index is -1.33. The van der Waals surface area contributed by atoms with Crippen LogP contribution in [0.1, 0.15) is 12.8 Å². The second-order valence-corrected chi connectivity index (χ2v) is 4.63. The number of carboxylic acid groups (broad SMARTS) is 2. The van der Waals surface area contributed by atoms with Crippen LogP contribution in [0.2, 0.25) is 0 Å². The van der Waals surface area contributed by atoms with Crippen LogP contribution in [0.25, 0.3) is 0 Å². The van der Waals surface area contributed by atoms with Gasteiger partial charge in [-0.25, -0.2) is 9.18 Å². The molecule has 2 aliphatic rings. The molecule has 0 aromatic carbocycles. The molecular formula is C12H14FNO5. The van der Waals surface area contributed by atoms with E-state index in [9.17, 15) is 19.1 Å². The predicted octanol–water partition coefficient (Wildman–Crippen LogP) is 0.456. The molecule has 3 N–H and O–H groups in total. The summed E-state index contributed by atoms with van der Waals surface area (Å²) in [5.74, 6) is -3.14. The van der Waals surface area contributed by atoms with Crippen molar-refractivity contribution in [1.82, 2.24) is 5.32 Å². The van der Waals surface area contributed by atoms with Gasteiger partial charge in [0.1, 0.15) is 11.4 Å². The van der Waals surface area contributed by atoms with Gasteiger partial charge in [0.2, 0.25) is 0 Å². The SMILES string of the molecule is O=C(O)C1=C(F)CC(N[C@]2(C(=O)O)CCOC2)C=C1. The molecule has 2 atom stereocenters. The maximum Gasteiger partial charge on any atom is 0.338 e. The third kappa shape index (κ3) is 2.66. The molecule has 0 aromatic rings. The largest absolute Gasteiger partial charge is 0.480 e. The Hall–Kier alpha value is -1.73. The van der Waals surface area contributed by atoms with Gasteiger partial charge in [0.25, 0.3) is 0 Å². The number of nitrogens with one attached hydrogen (secondary N) is 1. The van der Waals surface area contributed by atoms with Crippen LogP contribution in [0.15, 0.2) is 23.6 Å². The van der Waals surface area contributed by atoms with Gasteiger partial charge in [-0.1, -0.05) is 6.08 Å². The maximum atomic E-state index is 13.6. The summed E-state index contributed by atoms with van der Waals surface area (Å²) in [6.07, 6.45) is 2.75. The van der Waals surface area contributed by atoms with E-state index < -0.39 is 29.3 Å². The Morgan fingerprint density at radius 1 is 1.47 bits per heavy atom. The summed E-state index contributed by atoms with van der Waals surface area (Å²) < 4.78 is 18.7. The zero-order valence-electron chi connectivity index (χ0n) is 10.1. The highest BCUT2D eigenvalue weighted by Gasteiger charge is 2.44. The molecule has 1 aliphatic heterocycles. The highest BCUT2D eigenvalue weighted by molar-refractivity contribution is 5.90. The minimum Gasteiger partial charge on any atom is -0.480 e. The molecule has 6 nitrogen and oxygen atoms in total. The summed E-state index contributed by atoms with van der Waals surface area (Å²) in [7, 11) is 0. The van der Waals surface area contributed by atoms with Crippen LogP contribution in [-0.2, 0) is 14.3 Å². The van der Waals surface area contributed by atoms with Crippen molar-refractivity contribution in [2.24, 2.45) is 0 Å². The van der Waals surface area contributed by atoms with Gasteiger partial charge in [0, 0.05) is 25.5 Å². The Bertz CT molecular complexity index is 465. The molecule has 19 heavy (non-hydrogen) atoms. The Labute approximate surface area is 108 Å². The summed E-state index contributed by atoms with van der Waals surface area (Å²) in [5, 5.41) is 20.8. The molecule has 7 heteroatoms. The molecule has 0 amide bonds. The van der Waals surface area contributed by atoms with Gasteiger partial charge < -0.3 is 14.9 Å². The average Bonchev–Trinajstić information content (AvgIpc) is 2.78. The molecule has 0 bridgehead atoms. The lowest BCUT2D eigenvalue weighted by atomic mass is 9.94. The highest BCUT2D eigenvalue weighted by Crippen LogP contribution is 2.25. The van der Waals surface area contributed by atoms with Crippen molar-refractivity contribution in [3.63, 3.8) is 0 Å². The van der Waals surface area contributed by atoms with E-state index in [0.717, 1.165) is 6.08 Å². The molecular weight excluding hydrogens is 257 g/mol. The Morgan fingerprint density at radius 3 is 2.68 bits per heavy atom. The smallest absolute Gasteiger partial charge is 0.338 e. The summed E-state index contributed by atoms with van der Waals surface area (Å²) in [6, 6.07) is -0.555. The first-order chi connectivity index (χ1) is 8.94. The van der Waals surface area contributed by atoms with E-state index in [0.29, 0.717) is 13.0 Å². The number of halogens is 1. The molecule has 1 fully saturated rings. The molecule has 1 unspecified atom stereocenters. The zero-order valence-corrected chi connectivity index (χ0v) is 10.1. The van der Waals surface area contributed by atoms with Crippen molar-refractivity contribution in [2.75, 3.05) is 13.2 Å². The summed E-state index contributed by atoms with van der Waals surface area (Å²) in [4.78, 5) is 22.0. The van der Waals surface area contributed by atoms with Gasteiger partial charge in [0.05, 0.1) is 12.2 Å². The summed E-state index contributed by atoms with van der Waals surface area (Å²) in [6.45, 7) is 0.345. The molecule has 1 saturated heterocycles. The van der Waals surface area contributed by atoms with Crippen LogP contribution >= 0.6 is 0 Å². The Morgan fingerprint density at radius 2 is 2.21 bits per heavy atom. The molecule has 104 valence electrons. The highest BCUT2D eigenvalue weighted by atomic mass is 19.1. The van der Waals surface area contributed by atoms with E-state index in [1.54, 1.807) is 0 Å². The van der Waals surface area contributed by atoms with Gasteiger partial charge in [-0.2, -0.15) is 0 Å². The third-order valence-corrected chi connectivity index (χ3v) is 3.31. The first kappa shape index (κ1) is 13.7. The second kappa shape index (κ2) is 5.10. The fraction of sp³-hybridized carbons (Fsp3) is 0.500. The van der Waals surface area contributed by atoms with Gasteiger partial charge in [-0.3, -0.25) is 10.1 Å². The topological polar surface area (TPSA) is 95.9 Å². The number of carbonyl (C=O) groups is 2. The lowest BCUT2D eigenvalue weighted by Gasteiger charge is -2.29. The molecule has 0 saturated carbocycles. The normalized spacial score (nSPS) is 30.7. The van der Waals surface area contributed by atoms with Crippen molar-refractivity contribution < 1.29 is 28.9 Å². The fourth-order valence-corrected chi connectivity index (χ4v) is 2.22. The lowest BCUT2D eigenvalue weighted by Crippen LogP contribution is -2.56. The monoisotopic (exact) mass is 271 g/mol. The second-order valence-electron chi connectivity index (χ2n) is 4.63. The van der Waals surface area contributed by atoms with Crippen LogP contribution in [0.4, 0.5) is 4.39 Å². The number of ether oxygens (including phenoxy) is 1. The maximum absolute atomic E-state index is 13.6. The minimum absolute atomic E-state index is 0.0177. The van der Waals surface area contributed by atoms with Gasteiger partial charge >= 0.3 is 11.9 Å². The number of aliphatic carboxylic acids is 2. The van der Waals surface area contributed by atoms with Crippen molar-refractivity contribution in [3.8, 4) is 0 Å². The quantitative estimate of drug-likeness (QED) is 0.687. The predicted molar refractivity (Wildman–Crippen MR) is 62.3 cm³/mol.